The molecule has 0 radical (unpaired) electrons. The minimum Gasteiger partial charge on any atom is -0.743 e. The Morgan fingerprint density at radius 3 is 2.37 bits per heavy atom. The Hall–Kier alpha value is -0.0981. The Balaban J connectivity index is 0.00000210. The van der Waals surface area contributed by atoms with E-state index in [4.69, 9.17) is 0 Å². The molecular weight excluding hydrogens is 604 g/mol. The molecule has 0 aromatic rings. The first-order chi connectivity index (χ1) is 12.1. The smallest absolute Gasteiger partial charge is 0.391 e. The maximum absolute atomic E-state index is 13.2. The quantitative estimate of drug-likeness (QED) is 0.188. The van der Waals surface area contributed by atoms with Crippen molar-refractivity contribution in [2.45, 2.75) is 37.4 Å². The van der Waals surface area contributed by atoms with Gasteiger partial charge in [0.25, 0.3) is 0 Å². The number of rotatable bonds is 7. The van der Waals surface area contributed by atoms with Crippen molar-refractivity contribution in [3.63, 3.8) is 0 Å². The van der Waals surface area contributed by atoms with E-state index in [1.165, 1.54) is 6.42 Å². The minimum absolute atomic E-state index is 0. The fourth-order valence-corrected chi connectivity index (χ4v) is 6.34. The molecule has 0 aliphatic heterocycles. The average molecular weight is 624 g/mol. The molecule has 0 N–H and O–H groups in total. The first-order valence-electron chi connectivity index (χ1n) is 9.04. The van der Waals surface area contributed by atoms with Crippen molar-refractivity contribution in [1.82, 2.24) is 0 Å². The number of hydrogen-bond donors (Lipinski definition) is 0. The molecule has 27 heavy (non-hydrogen) atoms. The molecule has 0 spiro atoms. The number of ketones is 2. The number of hydrogen-bond acceptors (Lipinski definition) is 5. The average Bonchev–Trinajstić information content (AvgIpc) is 3.31. The van der Waals surface area contributed by atoms with Crippen LogP contribution in [0.5, 0.6) is 0 Å². The molecule has 7 atom stereocenters. The van der Waals surface area contributed by atoms with Crippen molar-refractivity contribution in [3.05, 3.63) is 18.6 Å². The molecule has 0 saturated heterocycles. The number of halogens is 2. The molecule has 9 heteroatoms. The summed E-state index contributed by atoms with van der Waals surface area (Å²) < 4.78 is 57.7. The van der Waals surface area contributed by atoms with Gasteiger partial charge in [-0.15, -0.1) is 5.92 Å². The molecule has 4 aliphatic rings. The van der Waals surface area contributed by atoms with Crippen molar-refractivity contribution < 1.29 is 62.5 Å². The first-order valence-corrected chi connectivity index (χ1v) is 10.4. The van der Waals surface area contributed by atoms with Gasteiger partial charge in [-0.3, -0.25) is 4.79 Å². The summed E-state index contributed by atoms with van der Waals surface area (Å²) in [6.07, 6.45) is 7.85. The summed E-state index contributed by atoms with van der Waals surface area (Å²) in [5, 5.41) is -4.92. The second-order valence-corrected chi connectivity index (χ2v) is 9.52. The summed E-state index contributed by atoms with van der Waals surface area (Å²) in [6, 6.07) is 0. The summed E-state index contributed by atoms with van der Waals surface area (Å²) >= 11 is 0. The third-order valence-electron chi connectivity index (χ3n) is 6.87. The van der Waals surface area contributed by atoms with Gasteiger partial charge >= 0.3 is 5.25 Å². The zero-order chi connectivity index (χ0) is 18.9. The molecule has 0 heterocycles. The Morgan fingerprint density at radius 1 is 1.11 bits per heavy atom. The predicted octanol–water partition coefficient (Wildman–Crippen LogP) is 2.34. The van der Waals surface area contributed by atoms with Gasteiger partial charge in [-0.05, 0) is 30.6 Å². The van der Waals surface area contributed by atoms with Crippen LogP contribution in [0.1, 0.15) is 32.1 Å². The molecule has 3 saturated carbocycles. The zero-order valence-corrected chi connectivity index (χ0v) is 19.5. The van der Waals surface area contributed by atoms with Crippen LogP contribution in [0, 0.1) is 79.0 Å². The van der Waals surface area contributed by atoms with Gasteiger partial charge in [-0.1, -0.05) is 30.4 Å². The second kappa shape index (κ2) is 7.30. The maximum atomic E-state index is 13.2. The zero-order valence-electron chi connectivity index (χ0n) is 14.5. The van der Waals surface area contributed by atoms with Gasteiger partial charge in [0.15, 0.2) is 10.1 Å². The van der Waals surface area contributed by atoms with E-state index >= 15 is 0 Å². The van der Waals surface area contributed by atoms with Crippen molar-refractivity contribution in [3.8, 4) is 0 Å². The van der Waals surface area contributed by atoms with E-state index in [0.717, 1.165) is 6.42 Å². The number of carbonyl (C=O) groups excluding carboxylic acids is 2. The molecule has 3 fully saturated rings. The SMILES string of the molecule is O=C(CCCC(=O)C(F)(F)S(=O)(=O)[O-])C1[CH-]C2CC1C1C3C=CC(C3)C21.[U]. The maximum Gasteiger partial charge on any atom is 0.391 e. The van der Waals surface area contributed by atoms with Gasteiger partial charge in [-0.25, -0.2) is 8.42 Å². The number of allylic oxidation sites excluding steroid dienone is 2. The van der Waals surface area contributed by atoms with Crippen molar-refractivity contribution in [2.75, 3.05) is 0 Å². The number of alkyl halides is 2. The topological polar surface area (TPSA) is 91.3 Å². The van der Waals surface area contributed by atoms with E-state index in [1.54, 1.807) is 0 Å². The molecule has 0 amide bonds. The summed E-state index contributed by atoms with van der Waals surface area (Å²) in [5.74, 6) is 0.902. The van der Waals surface area contributed by atoms with Gasteiger partial charge in [0.2, 0.25) is 5.78 Å². The van der Waals surface area contributed by atoms with Crippen LogP contribution in [0.4, 0.5) is 8.78 Å². The van der Waals surface area contributed by atoms with Crippen LogP contribution in [-0.2, 0) is 19.7 Å². The van der Waals surface area contributed by atoms with E-state index in [9.17, 15) is 31.3 Å². The van der Waals surface area contributed by atoms with Crippen molar-refractivity contribution in [2.24, 2.45) is 41.4 Å². The third kappa shape index (κ3) is 3.41. The molecule has 7 unspecified atom stereocenters. The van der Waals surface area contributed by atoms with E-state index in [-0.39, 0.29) is 55.7 Å². The van der Waals surface area contributed by atoms with E-state index in [1.807, 2.05) is 0 Å². The Labute approximate surface area is 180 Å². The van der Waals surface area contributed by atoms with Crippen molar-refractivity contribution >= 4 is 21.7 Å². The number of Topliss-reactive ketones (excluding diaryl/α,β-unsaturated/α-hetero) is 2. The van der Waals surface area contributed by atoms with Gasteiger partial charge in [0.1, 0.15) is 5.78 Å². The molecular formula is C18H20F2O5SU-2. The summed E-state index contributed by atoms with van der Waals surface area (Å²) in [4.78, 5) is 23.9. The molecule has 5 nitrogen and oxygen atoms in total. The molecule has 4 bridgehead atoms. The van der Waals surface area contributed by atoms with Gasteiger partial charge in [0, 0.05) is 44.0 Å². The van der Waals surface area contributed by atoms with Crippen LogP contribution in [0.25, 0.3) is 0 Å². The first kappa shape index (κ1) is 21.6. The third-order valence-corrected chi connectivity index (χ3v) is 7.72. The standard InChI is InChI=1S/C18H21F2O5S.U/c19-18(20,26(23,24)25)15(22)3-1-2-14(21)12-7-11-8-13(12)17-10-5-4-9(6-10)16(11)17;/h4-5,7,9-13,16-17H,1-3,6,8H2,(H,23,24,25);/q-1;/p-1. The summed E-state index contributed by atoms with van der Waals surface area (Å²) in [6.45, 7) is 0. The fraction of sp³-hybridized carbons (Fsp3) is 0.722. The van der Waals surface area contributed by atoms with Crippen LogP contribution >= 0.6 is 0 Å². The van der Waals surface area contributed by atoms with Crippen LogP contribution in [0.2, 0.25) is 0 Å². The molecule has 4 aliphatic carbocycles. The monoisotopic (exact) mass is 624 g/mol. The molecule has 148 valence electrons. The normalized spacial score (nSPS) is 38.7. The number of carbonyl (C=O) groups is 2. The van der Waals surface area contributed by atoms with Crippen LogP contribution in [-0.4, -0.2) is 29.8 Å². The molecule has 0 aromatic heterocycles. The Bertz CT molecular complexity index is 781. The summed E-state index contributed by atoms with van der Waals surface area (Å²) in [5.41, 5.74) is 0. The Kier molecular flexibility index (Phi) is 5.84. The van der Waals surface area contributed by atoms with Crippen molar-refractivity contribution in [1.29, 1.82) is 0 Å². The summed E-state index contributed by atoms with van der Waals surface area (Å²) in [7, 11) is -6.02. The van der Waals surface area contributed by atoms with Gasteiger partial charge in [0.05, 0.1) is 0 Å². The van der Waals surface area contributed by atoms with Crippen LogP contribution < -0.4 is 0 Å². The molecule has 4 rings (SSSR count). The fourth-order valence-electron chi connectivity index (χ4n) is 5.96. The largest absolute Gasteiger partial charge is 0.743 e. The second-order valence-electron chi connectivity index (χ2n) is 8.10. The Morgan fingerprint density at radius 2 is 1.74 bits per heavy atom. The minimum atomic E-state index is -6.02. The van der Waals surface area contributed by atoms with E-state index in [2.05, 4.69) is 18.6 Å². The number of fused-ring (bicyclic) bond motifs is 9. The van der Waals surface area contributed by atoms with Gasteiger partial charge in [-0.2, -0.15) is 14.7 Å². The van der Waals surface area contributed by atoms with E-state index in [0.29, 0.717) is 35.5 Å². The van der Waals surface area contributed by atoms with E-state index < -0.39 is 27.6 Å². The predicted molar refractivity (Wildman–Crippen MR) is 85.6 cm³/mol. The van der Waals surface area contributed by atoms with Gasteiger partial charge < -0.3 is 15.8 Å². The molecule has 0 aromatic carbocycles. The van der Waals surface area contributed by atoms with Crippen LogP contribution in [0.3, 0.4) is 0 Å². The van der Waals surface area contributed by atoms with Crippen LogP contribution in [0.15, 0.2) is 12.2 Å².